The van der Waals surface area contributed by atoms with Crippen molar-refractivity contribution in [3.63, 3.8) is 0 Å². The minimum absolute atomic E-state index is 0. The molecule has 2 radical (unpaired) electrons. The Morgan fingerprint density at radius 1 is 0.571 bits per heavy atom. The number of rotatable bonds is 0. The molecule has 0 aliphatic rings. The second-order valence-corrected chi connectivity index (χ2v) is 0. The van der Waals surface area contributed by atoms with Crippen LogP contribution in [0.3, 0.4) is 0 Å². The Labute approximate surface area is 139 Å². The average Bonchev–Trinajstić information content (AvgIpc) is 0. The van der Waals surface area contributed by atoms with Crippen LogP contribution < -0.4 is 0 Å². The van der Waals surface area contributed by atoms with E-state index < -0.39 is 0 Å². The molecule has 0 amide bonds. The Balaban J connectivity index is 0. The van der Waals surface area contributed by atoms with Gasteiger partial charge in [-0.2, -0.15) is 0 Å². The molecule has 0 saturated heterocycles. The third kappa shape index (κ3) is 37.2. The summed E-state index contributed by atoms with van der Waals surface area (Å²) in [7, 11) is 0. The fraction of sp³-hybridized carbons (Fsp3) is 0. The molecule has 0 unspecified atom stereocenters. The van der Waals surface area contributed by atoms with Crippen molar-refractivity contribution < 1.29 is 34.1 Å². The molecule has 0 aromatic carbocycles. The van der Waals surface area contributed by atoms with Gasteiger partial charge >= 0.3 is 108 Å². The third-order valence-electron chi connectivity index (χ3n) is 0. The first-order valence-electron chi connectivity index (χ1n) is 0. The van der Waals surface area contributed by atoms with Crippen LogP contribution in [0.25, 0.3) is 0 Å². The first kappa shape index (κ1) is 61.9. The van der Waals surface area contributed by atoms with Gasteiger partial charge in [-0.25, -0.2) is 0 Å². The molecule has 0 heterocycles. The Hall–Kier alpha value is 4.57. The van der Waals surface area contributed by atoms with Gasteiger partial charge in [-0.05, 0) is 0 Å². The topological polar surface area (TPSA) is 0 Å². The normalized spacial score (nSPS) is 0. The molecule has 0 fully saturated rings. The summed E-state index contributed by atoms with van der Waals surface area (Å²) in [6, 6.07) is 0. The van der Waals surface area contributed by atoms with Gasteiger partial charge in [0.15, 0.2) is 0 Å². The molecule has 0 aliphatic heterocycles. The van der Waals surface area contributed by atoms with Gasteiger partial charge < -0.3 is 0 Å². The zero-order valence-corrected chi connectivity index (χ0v) is 5.08. The molecule has 0 rings (SSSR count). The van der Waals surface area contributed by atoms with Gasteiger partial charge in [0, 0.05) is 34.1 Å². The van der Waals surface area contributed by atoms with E-state index >= 15 is 0 Å². The van der Waals surface area contributed by atoms with E-state index in [1.54, 1.807) is 0 Å². The fourth-order valence-electron chi connectivity index (χ4n) is 0. The number of hydrogen-bond acceptors (Lipinski definition) is 0. The van der Waals surface area contributed by atoms with Crippen LogP contribution in [-0.2, 0) is 34.1 Å². The van der Waals surface area contributed by atoms with Gasteiger partial charge in [0.2, 0.25) is 0 Å². The quantitative estimate of drug-likeness (QED) is 0.248. The molecule has 0 aromatic heterocycles. The van der Waals surface area contributed by atoms with E-state index in [-0.39, 0.29) is 142 Å². The summed E-state index contributed by atoms with van der Waals surface area (Å²) in [5, 5.41) is 0. The molecule has 0 nitrogen and oxygen atoms in total. The molecule has 0 spiro atoms. The molecule has 0 bridgehead atoms. The maximum absolute atomic E-state index is 0. The molecule has 0 saturated carbocycles. The Kier molecular flexibility index (Phi) is 410. The molecular weight excluding hydrogens is 575 g/mol. The molecule has 0 N–H and O–H groups in total. The second-order valence-electron chi connectivity index (χ2n) is 0. The standard InChI is InChI=1S/2Cu.2Ga.2In.H2Se.12H/h;;;;;;1H2;;;;;;;;;;;;. The molecule has 54 valence electrons. The molecular formula is H14Cu2Ga2In2Se. The van der Waals surface area contributed by atoms with Crippen LogP contribution in [0.1, 0.15) is 0 Å². The van der Waals surface area contributed by atoms with Gasteiger partial charge in [0.25, 0.3) is 0 Å². The van der Waals surface area contributed by atoms with E-state index in [0.717, 1.165) is 0 Å². The Bertz CT molecular complexity index is 13.7. The predicted molar refractivity (Wildman–Crippen MR) is 48.3 cm³/mol. The van der Waals surface area contributed by atoms with Crippen LogP contribution in [0.4, 0.5) is 0 Å². The molecule has 7 heavy (non-hydrogen) atoms. The van der Waals surface area contributed by atoms with E-state index in [4.69, 9.17) is 0 Å². The first-order chi connectivity index (χ1) is 0. The van der Waals surface area contributed by atoms with Crippen LogP contribution in [0.5, 0.6) is 0 Å². The third-order valence-corrected chi connectivity index (χ3v) is 0. The average molecular weight is 589 g/mol. The van der Waals surface area contributed by atoms with E-state index in [1.807, 2.05) is 0 Å². The molecule has 0 aromatic rings. The van der Waals surface area contributed by atoms with Crippen molar-refractivity contribution in [1.82, 2.24) is 0 Å². The molecule has 0 aliphatic carbocycles. The predicted octanol–water partition coefficient (Wildman–Crippen LogP) is -5.66. The molecule has 0 atom stereocenters. The summed E-state index contributed by atoms with van der Waals surface area (Å²) in [5.74, 6) is 0. The second kappa shape index (κ2) is 46.3. The Morgan fingerprint density at radius 2 is 0.571 bits per heavy atom. The fourth-order valence-corrected chi connectivity index (χ4v) is 0. The van der Waals surface area contributed by atoms with Gasteiger partial charge in [-0.1, -0.05) is 0 Å². The molecule has 7 heteroatoms. The van der Waals surface area contributed by atoms with Gasteiger partial charge in [-0.15, -0.1) is 0 Å². The van der Waals surface area contributed by atoms with Crippen molar-refractivity contribution in [3.05, 3.63) is 0 Å². The number of hydrogen-bond donors (Lipinski definition) is 0. The van der Waals surface area contributed by atoms with Crippen molar-refractivity contribution >= 4 is 108 Å². The van der Waals surface area contributed by atoms with Crippen LogP contribution >= 0.6 is 0 Å². The van der Waals surface area contributed by atoms with E-state index in [9.17, 15) is 0 Å². The van der Waals surface area contributed by atoms with E-state index in [2.05, 4.69) is 0 Å². The first-order valence-corrected chi connectivity index (χ1v) is 0. The zero-order valence-electron chi connectivity index (χ0n) is 1.10. The summed E-state index contributed by atoms with van der Waals surface area (Å²) in [4.78, 5) is 0. The van der Waals surface area contributed by atoms with Gasteiger partial charge in [0.05, 0.1) is 0 Å². The monoisotopic (exact) mass is 588 g/mol. The van der Waals surface area contributed by atoms with E-state index in [1.165, 1.54) is 0 Å². The van der Waals surface area contributed by atoms with Crippen molar-refractivity contribution in [1.29, 1.82) is 0 Å². The van der Waals surface area contributed by atoms with Gasteiger partial charge in [-0.3, -0.25) is 0 Å². The van der Waals surface area contributed by atoms with Crippen LogP contribution in [-0.4, -0.2) is 108 Å². The SMILES string of the molecule is [Cu].[Cu].[GaH3].[GaH3].[InH3].[InH3].[SeH2]. The van der Waals surface area contributed by atoms with E-state index in [0.29, 0.717) is 0 Å². The van der Waals surface area contributed by atoms with Crippen molar-refractivity contribution in [3.8, 4) is 0 Å². The zero-order chi connectivity index (χ0) is 0. The van der Waals surface area contributed by atoms with Crippen molar-refractivity contribution in [2.24, 2.45) is 0 Å². The summed E-state index contributed by atoms with van der Waals surface area (Å²) >= 11 is 0. The summed E-state index contributed by atoms with van der Waals surface area (Å²) < 4.78 is 0. The minimum atomic E-state index is 0. The summed E-state index contributed by atoms with van der Waals surface area (Å²) in [6.45, 7) is 0. The Morgan fingerprint density at radius 3 is 0.571 bits per heavy atom. The summed E-state index contributed by atoms with van der Waals surface area (Å²) in [6.07, 6.45) is 0. The van der Waals surface area contributed by atoms with Crippen molar-refractivity contribution in [2.75, 3.05) is 0 Å². The summed E-state index contributed by atoms with van der Waals surface area (Å²) in [5.41, 5.74) is 0. The van der Waals surface area contributed by atoms with Crippen LogP contribution in [0.15, 0.2) is 0 Å². The maximum atomic E-state index is 0. The van der Waals surface area contributed by atoms with Crippen molar-refractivity contribution in [2.45, 2.75) is 0 Å². The van der Waals surface area contributed by atoms with Crippen LogP contribution in [0, 0.1) is 0 Å². The van der Waals surface area contributed by atoms with Crippen LogP contribution in [0.2, 0.25) is 0 Å². The van der Waals surface area contributed by atoms with Gasteiger partial charge in [0.1, 0.15) is 0 Å².